The first kappa shape index (κ1) is 19.6. The second kappa shape index (κ2) is 9.55. The molecule has 1 N–H and O–H groups in total. The van der Waals surface area contributed by atoms with E-state index in [9.17, 15) is 13.2 Å². The van der Waals surface area contributed by atoms with Gasteiger partial charge in [-0.2, -0.15) is 0 Å². The lowest BCUT2D eigenvalue weighted by Gasteiger charge is -2.29. The molecular formula is C12H26ClN3O3S. The molecule has 120 valence electrons. The number of halogens is 1. The molecule has 0 aliphatic carbocycles. The summed E-state index contributed by atoms with van der Waals surface area (Å²) in [5, 5.41) is 3.20. The monoisotopic (exact) mass is 327 g/mol. The van der Waals surface area contributed by atoms with Crippen LogP contribution < -0.4 is 5.32 Å². The van der Waals surface area contributed by atoms with E-state index in [0.29, 0.717) is 19.5 Å². The number of nitrogens with zero attached hydrogens (tertiary/aromatic N) is 2. The minimum atomic E-state index is -2.96. The molecule has 0 aromatic rings. The third-order valence-electron chi connectivity index (χ3n) is 3.17. The summed E-state index contributed by atoms with van der Waals surface area (Å²) in [7, 11) is -1.17. The quantitative estimate of drug-likeness (QED) is 0.689. The normalized spacial score (nSPS) is 16.1. The molecule has 1 aliphatic heterocycles. The molecule has 1 fully saturated rings. The molecule has 1 rings (SSSR count). The van der Waals surface area contributed by atoms with Crippen molar-refractivity contribution in [3.8, 4) is 0 Å². The van der Waals surface area contributed by atoms with Crippen molar-refractivity contribution in [2.75, 3.05) is 57.8 Å². The van der Waals surface area contributed by atoms with E-state index in [0.717, 1.165) is 26.2 Å². The number of carbonyl (C=O) groups is 1. The van der Waals surface area contributed by atoms with Gasteiger partial charge in [-0.25, -0.2) is 8.42 Å². The second-order valence-electron chi connectivity index (χ2n) is 5.02. The van der Waals surface area contributed by atoms with Crippen LogP contribution in [0.4, 0.5) is 0 Å². The Morgan fingerprint density at radius 1 is 1.25 bits per heavy atom. The van der Waals surface area contributed by atoms with E-state index in [1.807, 2.05) is 11.8 Å². The Bertz CT molecular complexity index is 383. The molecule has 0 bridgehead atoms. The van der Waals surface area contributed by atoms with Crippen LogP contribution in [0.15, 0.2) is 0 Å². The smallest absolute Gasteiger partial charge is 0.236 e. The highest BCUT2D eigenvalue weighted by Crippen LogP contribution is 1.98. The average Bonchev–Trinajstić information content (AvgIpc) is 2.37. The molecule has 1 amide bonds. The van der Waals surface area contributed by atoms with Crippen LogP contribution in [-0.2, 0) is 14.6 Å². The van der Waals surface area contributed by atoms with E-state index in [1.165, 1.54) is 0 Å². The summed E-state index contributed by atoms with van der Waals surface area (Å²) >= 11 is 0. The summed E-state index contributed by atoms with van der Waals surface area (Å²) in [6, 6.07) is 0. The van der Waals surface area contributed by atoms with Gasteiger partial charge in [-0.1, -0.05) is 6.92 Å². The fraction of sp³-hybridized carbons (Fsp3) is 0.917. The molecule has 8 heteroatoms. The van der Waals surface area contributed by atoms with Crippen LogP contribution in [0.2, 0.25) is 0 Å². The molecule has 0 radical (unpaired) electrons. The standard InChI is InChI=1S/C12H25N3O3S.ClH/c1-3-9-19(17,18)10-8-14(2)11-12(16)15-6-4-13-5-7-15;/h13H,3-11H2,1-2H3;1H. The third kappa shape index (κ3) is 7.42. The van der Waals surface area contributed by atoms with Crippen molar-refractivity contribution in [1.82, 2.24) is 15.1 Å². The molecule has 0 saturated carbocycles. The SMILES string of the molecule is CCCS(=O)(=O)CCN(C)CC(=O)N1CCNCC1.Cl. The van der Waals surface area contributed by atoms with Crippen molar-refractivity contribution in [2.24, 2.45) is 0 Å². The maximum atomic E-state index is 12.0. The van der Waals surface area contributed by atoms with Gasteiger partial charge in [0, 0.05) is 38.5 Å². The van der Waals surface area contributed by atoms with Gasteiger partial charge in [-0.05, 0) is 13.5 Å². The summed E-state index contributed by atoms with van der Waals surface area (Å²) < 4.78 is 23.2. The van der Waals surface area contributed by atoms with Crippen LogP contribution in [0.5, 0.6) is 0 Å². The molecule has 1 saturated heterocycles. The summed E-state index contributed by atoms with van der Waals surface area (Å²) in [5.74, 6) is 0.440. The van der Waals surface area contributed by atoms with Crippen molar-refractivity contribution < 1.29 is 13.2 Å². The number of rotatable bonds is 7. The first-order valence-corrected chi connectivity index (χ1v) is 8.64. The summed E-state index contributed by atoms with van der Waals surface area (Å²) in [6.45, 7) is 5.71. The van der Waals surface area contributed by atoms with Crippen LogP contribution in [-0.4, -0.2) is 81.9 Å². The molecule has 1 aliphatic rings. The molecule has 0 spiro atoms. The van der Waals surface area contributed by atoms with Gasteiger partial charge in [0.25, 0.3) is 0 Å². The Kier molecular flexibility index (Phi) is 9.37. The van der Waals surface area contributed by atoms with Gasteiger partial charge in [0.15, 0.2) is 9.84 Å². The lowest BCUT2D eigenvalue weighted by molar-refractivity contribution is -0.132. The van der Waals surface area contributed by atoms with Crippen molar-refractivity contribution in [1.29, 1.82) is 0 Å². The van der Waals surface area contributed by atoms with Crippen molar-refractivity contribution in [3.63, 3.8) is 0 Å². The first-order chi connectivity index (χ1) is 8.94. The highest BCUT2D eigenvalue weighted by atomic mass is 35.5. The number of hydrogen-bond acceptors (Lipinski definition) is 5. The van der Waals surface area contributed by atoms with E-state index in [4.69, 9.17) is 0 Å². The number of nitrogens with one attached hydrogen (secondary N) is 1. The van der Waals surface area contributed by atoms with E-state index >= 15 is 0 Å². The van der Waals surface area contributed by atoms with Crippen molar-refractivity contribution in [2.45, 2.75) is 13.3 Å². The fourth-order valence-electron chi connectivity index (χ4n) is 2.03. The number of likely N-dealkylation sites (N-methyl/N-ethyl adjacent to an activating group) is 1. The highest BCUT2D eigenvalue weighted by Gasteiger charge is 2.18. The summed E-state index contributed by atoms with van der Waals surface area (Å²) in [4.78, 5) is 15.6. The topological polar surface area (TPSA) is 69.7 Å². The number of amides is 1. The van der Waals surface area contributed by atoms with Crippen LogP contribution in [0.1, 0.15) is 13.3 Å². The van der Waals surface area contributed by atoms with E-state index < -0.39 is 9.84 Å². The Labute approximate surface area is 128 Å². The predicted molar refractivity (Wildman–Crippen MR) is 83.1 cm³/mol. The maximum Gasteiger partial charge on any atom is 0.236 e. The Morgan fingerprint density at radius 3 is 2.40 bits per heavy atom. The van der Waals surface area contributed by atoms with Crippen molar-refractivity contribution in [3.05, 3.63) is 0 Å². The zero-order valence-electron chi connectivity index (χ0n) is 12.3. The Morgan fingerprint density at radius 2 is 1.85 bits per heavy atom. The summed E-state index contributed by atoms with van der Waals surface area (Å²) in [6.07, 6.45) is 0.645. The maximum absolute atomic E-state index is 12.0. The minimum Gasteiger partial charge on any atom is -0.339 e. The zero-order chi connectivity index (χ0) is 14.3. The summed E-state index contributed by atoms with van der Waals surface area (Å²) in [5.41, 5.74) is 0. The fourth-order valence-corrected chi connectivity index (χ4v) is 3.45. The molecule has 1 heterocycles. The van der Waals surface area contributed by atoms with Crippen molar-refractivity contribution >= 4 is 28.2 Å². The van der Waals surface area contributed by atoms with E-state index in [1.54, 1.807) is 11.9 Å². The lowest BCUT2D eigenvalue weighted by atomic mass is 10.3. The van der Waals surface area contributed by atoms with E-state index in [-0.39, 0.29) is 29.8 Å². The Hall–Kier alpha value is -0.370. The molecule has 0 aromatic carbocycles. The number of piperazine rings is 1. The van der Waals surface area contributed by atoms with Gasteiger partial charge in [-0.15, -0.1) is 12.4 Å². The second-order valence-corrected chi connectivity index (χ2v) is 7.32. The van der Waals surface area contributed by atoms with Crippen LogP contribution in [0.25, 0.3) is 0 Å². The van der Waals surface area contributed by atoms with Crippen LogP contribution in [0.3, 0.4) is 0 Å². The molecule has 0 atom stereocenters. The third-order valence-corrected chi connectivity index (χ3v) is 5.01. The van der Waals surface area contributed by atoms with Gasteiger partial charge in [0.2, 0.25) is 5.91 Å². The van der Waals surface area contributed by atoms with Crippen LogP contribution in [0, 0.1) is 0 Å². The average molecular weight is 328 g/mol. The highest BCUT2D eigenvalue weighted by molar-refractivity contribution is 7.91. The first-order valence-electron chi connectivity index (χ1n) is 6.82. The number of sulfone groups is 1. The largest absolute Gasteiger partial charge is 0.339 e. The van der Waals surface area contributed by atoms with Gasteiger partial charge >= 0.3 is 0 Å². The van der Waals surface area contributed by atoms with Gasteiger partial charge in [0.1, 0.15) is 0 Å². The molecule has 20 heavy (non-hydrogen) atoms. The molecule has 0 unspecified atom stereocenters. The number of carbonyl (C=O) groups excluding carboxylic acids is 1. The van der Waals surface area contributed by atoms with Crippen LogP contribution >= 0.6 is 12.4 Å². The van der Waals surface area contributed by atoms with Gasteiger partial charge in [0.05, 0.1) is 12.3 Å². The molecule has 6 nitrogen and oxygen atoms in total. The Balaban J connectivity index is 0.00000361. The minimum absolute atomic E-state index is 0. The van der Waals surface area contributed by atoms with Gasteiger partial charge < -0.3 is 10.2 Å². The predicted octanol–water partition coefficient (Wildman–Crippen LogP) is -0.403. The lowest BCUT2D eigenvalue weighted by Crippen LogP contribution is -2.49. The zero-order valence-corrected chi connectivity index (χ0v) is 13.9. The van der Waals surface area contributed by atoms with E-state index in [2.05, 4.69) is 5.32 Å². The molecule has 0 aromatic heterocycles. The molecular weight excluding hydrogens is 302 g/mol. The van der Waals surface area contributed by atoms with Gasteiger partial charge in [-0.3, -0.25) is 9.69 Å². The number of hydrogen-bond donors (Lipinski definition) is 1.